The average molecular weight is 262 g/mol. The van der Waals surface area contributed by atoms with Crippen molar-refractivity contribution in [2.75, 3.05) is 11.4 Å². The van der Waals surface area contributed by atoms with Gasteiger partial charge in [0.1, 0.15) is 11.4 Å². The van der Waals surface area contributed by atoms with Crippen LogP contribution in [-0.4, -0.2) is 24.2 Å². The standard InChI is InChI=1S/C16H26N2O/c1-11(2)18-10-16(4,5)19-15-7-6-13(8-12(3)17)9-14(15)18/h6-7,9,11-12H,8,10,17H2,1-5H3. The molecule has 1 aromatic rings. The SMILES string of the molecule is CC(N)Cc1ccc2c(c1)N(C(C)C)CC(C)(C)O2. The second-order valence-electron chi connectivity index (χ2n) is 6.57. The van der Waals surface area contributed by atoms with Gasteiger partial charge in [-0.25, -0.2) is 0 Å². The Balaban J connectivity index is 2.38. The molecular weight excluding hydrogens is 236 g/mol. The lowest BCUT2D eigenvalue weighted by molar-refractivity contribution is 0.103. The molecule has 0 bridgehead atoms. The van der Waals surface area contributed by atoms with Gasteiger partial charge in [0.15, 0.2) is 0 Å². The molecule has 0 fully saturated rings. The third kappa shape index (κ3) is 3.21. The second-order valence-corrected chi connectivity index (χ2v) is 6.57. The molecular formula is C16H26N2O. The molecule has 0 saturated heterocycles. The van der Waals surface area contributed by atoms with Gasteiger partial charge in [-0.2, -0.15) is 0 Å². The van der Waals surface area contributed by atoms with E-state index in [2.05, 4.69) is 50.8 Å². The highest BCUT2D eigenvalue weighted by molar-refractivity contribution is 5.62. The van der Waals surface area contributed by atoms with Crippen molar-refractivity contribution in [3.8, 4) is 5.75 Å². The van der Waals surface area contributed by atoms with Crippen molar-refractivity contribution in [2.24, 2.45) is 5.73 Å². The van der Waals surface area contributed by atoms with Crippen LogP contribution < -0.4 is 15.4 Å². The van der Waals surface area contributed by atoms with Gasteiger partial charge in [-0.1, -0.05) is 6.07 Å². The molecule has 1 aromatic carbocycles. The summed E-state index contributed by atoms with van der Waals surface area (Å²) in [6.07, 6.45) is 0.905. The number of anilines is 1. The molecule has 1 atom stereocenters. The maximum atomic E-state index is 6.09. The minimum Gasteiger partial charge on any atom is -0.484 e. The Morgan fingerprint density at radius 3 is 2.58 bits per heavy atom. The van der Waals surface area contributed by atoms with Gasteiger partial charge in [-0.05, 0) is 58.7 Å². The first-order valence-corrected chi connectivity index (χ1v) is 7.13. The summed E-state index contributed by atoms with van der Waals surface area (Å²) in [5, 5.41) is 0. The van der Waals surface area contributed by atoms with Crippen LogP contribution in [0.2, 0.25) is 0 Å². The lowest BCUT2D eigenvalue weighted by atomic mass is 10.0. The smallest absolute Gasteiger partial charge is 0.143 e. The van der Waals surface area contributed by atoms with Crippen molar-refractivity contribution in [2.45, 2.75) is 58.7 Å². The Morgan fingerprint density at radius 2 is 2.00 bits per heavy atom. The quantitative estimate of drug-likeness (QED) is 0.910. The van der Waals surface area contributed by atoms with Gasteiger partial charge in [0.25, 0.3) is 0 Å². The maximum Gasteiger partial charge on any atom is 0.143 e. The molecule has 1 unspecified atom stereocenters. The van der Waals surface area contributed by atoms with Gasteiger partial charge in [0.05, 0.1) is 12.2 Å². The molecule has 3 heteroatoms. The minimum absolute atomic E-state index is 0.139. The highest BCUT2D eigenvalue weighted by Crippen LogP contribution is 2.38. The highest BCUT2D eigenvalue weighted by Gasteiger charge is 2.32. The molecule has 1 aliphatic heterocycles. The number of ether oxygens (including phenoxy) is 1. The number of hydrogen-bond acceptors (Lipinski definition) is 3. The van der Waals surface area contributed by atoms with Crippen molar-refractivity contribution in [3.05, 3.63) is 23.8 Å². The van der Waals surface area contributed by atoms with Crippen LogP contribution in [0.4, 0.5) is 5.69 Å². The van der Waals surface area contributed by atoms with Crippen LogP contribution in [0, 0.1) is 0 Å². The zero-order valence-electron chi connectivity index (χ0n) is 12.7. The second kappa shape index (κ2) is 5.04. The number of hydrogen-bond donors (Lipinski definition) is 1. The van der Waals surface area contributed by atoms with Crippen molar-refractivity contribution in [1.82, 2.24) is 0 Å². The van der Waals surface area contributed by atoms with Crippen molar-refractivity contribution in [3.63, 3.8) is 0 Å². The topological polar surface area (TPSA) is 38.5 Å². The van der Waals surface area contributed by atoms with Gasteiger partial charge in [0.2, 0.25) is 0 Å². The minimum atomic E-state index is -0.139. The Kier molecular flexibility index (Phi) is 3.77. The van der Waals surface area contributed by atoms with E-state index in [0.717, 1.165) is 18.7 Å². The first kappa shape index (κ1) is 14.2. The van der Waals surface area contributed by atoms with E-state index in [0.29, 0.717) is 6.04 Å². The Hall–Kier alpha value is -1.22. The van der Waals surface area contributed by atoms with Crippen molar-refractivity contribution in [1.29, 1.82) is 0 Å². The summed E-state index contributed by atoms with van der Waals surface area (Å²) in [6, 6.07) is 7.10. The van der Waals surface area contributed by atoms with E-state index in [9.17, 15) is 0 Å². The molecule has 0 saturated carbocycles. The summed E-state index contributed by atoms with van der Waals surface area (Å²) in [7, 11) is 0. The fraction of sp³-hybridized carbons (Fsp3) is 0.625. The molecule has 0 spiro atoms. The largest absolute Gasteiger partial charge is 0.484 e. The summed E-state index contributed by atoms with van der Waals surface area (Å²) < 4.78 is 6.09. The van der Waals surface area contributed by atoms with Crippen molar-refractivity contribution < 1.29 is 4.74 Å². The predicted octanol–water partition coefficient (Wildman–Crippen LogP) is 2.96. The summed E-state index contributed by atoms with van der Waals surface area (Å²) in [4.78, 5) is 2.42. The molecule has 0 amide bonds. The van der Waals surface area contributed by atoms with E-state index in [1.807, 2.05) is 6.92 Å². The lowest BCUT2D eigenvalue weighted by Crippen LogP contribution is -2.49. The van der Waals surface area contributed by atoms with Crippen LogP contribution in [0.25, 0.3) is 0 Å². The molecule has 1 heterocycles. The van der Waals surface area contributed by atoms with Gasteiger partial charge in [-0.15, -0.1) is 0 Å². The van der Waals surface area contributed by atoms with Crippen LogP contribution >= 0.6 is 0 Å². The van der Waals surface area contributed by atoms with Gasteiger partial charge < -0.3 is 15.4 Å². The molecule has 0 aromatic heterocycles. The fourth-order valence-electron chi connectivity index (χ4n) is 2.66. The molecule has 1 aliphatic rings. The van der Waals surface area contributed by atoms with E-state index in [4.69, 9.17) is 10.5 Å². The fourth-order valence-corrected chi connectivity index (χ4v) is 2.66. The lowest BCUT2D eigenvalue weighted by Gasteiger charge is -2.43. The molecule has 0 aliphatic carbocycles. The highest BCUT2D eigenvalue weighted by atomic mass is 16.5. The Bertz CT molecular complexity index is 452. The van der Waals surface area contributed by atoms with E-state index in [1.54, 1.807) is 0 Å². The number of fused-ring (bicyclic) bond motifs is 1. The van der Waals surface area contributed by atoms with Crippen molar-refractivity contribution >= 4 is 5.69 Å². The third-order valence-corrected chi connectivity index (χ3v) is 3.45. The van der Waals surface area contributed by atoms with E-state index in [-0.39, 0.29) is 11.6 Å². The zero-order valence-corrected chi connectivity index (χ0v) is 12.7. The van der Waals surface area contributed by atoms with Gasteiger partial charge >= 0.3 is 0 Å². The summed E-state index contributed by atoms with van der Waals surface area (Å²) >= 11 is 0. The molecule has 106 valence electrons. The number of nitrogens with two attached hydrogens (primary N) is 1. The van der Waals surface area contributed by atoms with Gasteiger partial charge in [-0.3, -0.25) is 0 Å². The van der Waals surface area contributed by atoms with Crippen LogP contribution in [0.5, 0.6) is 5.75 Å². The zero-order chi connectivity index (χ0) is 14.2. The Labute approximate surface area is 116 Å². The number of rotatable bonds is 3. The first-order chi connectivity index (χ1) is 8.78. The van der Waals surface area contributed by atoms with Crippen LogP contribution in [-0.2, 0) is 6.42 Å². The summed E-state index contributed by atoms with van der Waals surface area (Å²) in [5.74, 6) is 0.985. The van der Waals surface area contributed by atoms with Crippen LogP contribution in [0.3, 0.4) is 0 Å². The number of benzene rings is 1. The van der Waals surface area contributed by atoms with Crippen LogP contribution in [0.1, 0.15) is 40.2 Å². The average Bonchev–Trinajstić information content (AvgIpc) is 2.26. The normalized spacial score (nSPS) is 19.0. The predicted molar refractivity (Wildman–Crippen MR) is 81.0 cm³/mol. The first-order valence-electron chi connectivity index (χ1n) is 7.13. The van der Waals surface area contributed by atoms with Gasteiger partial charge in [0, 0.05) is 12.1 Å². The molecule has 2 N–H and O–H groups in total. The monoisotopic (exact) mass is 262 g/mol. The number of nitrogens with zero attached hydrogens (tertiary/aromatic N) is 1. The van der Waals surface area contributed by atoms with E-state index >= 15 is 0 Å². The summed E-state index contributed by atoms with van der Waals surface area (Å²) in [5.41, 5.74) is 8.24. The molecule has 19 heavy (non-hydrogen) atoms. The maximum absolute atomic E-state index is 6.09. The molecule has 0 radical (unpaired) electrons. The van der Waals surface area contributed by atoms with Crippen LogP contribution in [0.15, 0.2) is 18.2 Å². The van der Waals surface area contributed by atoms with E-state index < -0.39 is 0 Å². The third-order valence-electron chi connectivity index (χ3n) is 3.45. The summed E-state index contributed by atoms with van der Waals surface area (Å²) in [6.45, 7) is 11.7. The molecule has 2 rings (SSSR count). The van der Waals surface area contributed by atoms with E-state index in [1.165, 1.54) is 11.3 Å². The molecule has 3 nitrogen and oxygen atoms in total. The Morgan fingerprint density at radius 1 is 1.32 bits per heavy atom.